The van der Waals surface area contributed by atoms with E-state index in [0.29, 0.717) is 6.61 Å². The second-order valence-corrected chi connectivity index (χ2v) is 6.68. The van der Waals surface area contributed by atoms with Crippen LogP contribution in [0.15, 0.2) is 48.5 Å². The molecule has 1 aromatic heterocycles. The molecule has 0 unspecified atom stereocenters. The largest absolute Gasteiger partial charge is 0.494 e. The van der Waals surface area contributed by atoms with Crippen LogP contribution in [-0.4, -0.2) is 11.6 Å². The molecular weight excluding hydrogens is 316 g/mol. The fourth-order valence-corrected chi connectivity index (χ4v) is 3.45. The standard InChI is InChI=1S/C20H22N2OS/c1-4-18-19(15-8-12-17(13-9-15)23-5-2)22-20(24-18)21-16-10-6-14(3)7-11-16/h6-13H,4-5H2,1-3H3,(H,21,22). The van der Waals surface area contributed by atoms with Crippen LogP contribution in [0.5, 0.6) is 5.75 Å². The van der Waals surface area contributed by atoms with E-state index in [-0.39, 0.29) is 0 Å². The Morgan fingerprint density at radius 1 is 1.00 bits per heavy atom. The molecule has 4 heteroatoms. The summed E-state index contributed by atoms with van der Waals surface area (Å²) in [6.07, 6.45) is 0.968. The number of aromatic nitrogens is 1. The van der Waals surface area contributed by atoms with Gasteiger partial charge in [0.1, 0.15) is 5.75 Å². The molecule has 3 aromatic rings. The SMILES string of the molecule is CCOc1ccc(-c2nc(Nc3ccc(C)cc3)sc2CC)cc1. The molecule has 1 N–H and O–H groups in total. The summed E-state index contributed by atoms with van der Waals surface area (Å²) in [5, 5.41) is 4.34. The van der Waals surface area contributed by atoms with Gasteiger partial charge < -0.3 is 10.1 Å². The molecule has 0 fully saturated rings. The number of hydrogen-bond donors (Lipinski definition) is 1. The minimum absolute atomic E-state index is 0.681. The number of anilines is 2. The van der Waals surface area contributed by atoms with E-state index in [1.807, 2.05) is 19.1 Å². The summed E-state index contributed by atoms with van der Waals surface area (Å²) < 4.78 is 5.52. The Kier molecular flexibility index (Phi) is 5.16. The quantitative estimate of drug-likeness (QED) is 0.614. The predicted octanol–water partition coefficient (Wildman–Crippen LogP) is 5.82. The minimum atomic E-state index is 0.681. The molecule has 0 aliphatic carbocycles. The summed E-state index contributed by atoms with van der Waals surface area (Å²) in [5.74, 6) is 0.896. The molecule has 0 amide bonds. The predicted molar refractivity (Wildman–Crippen MR) is 103 cm³/mol. The first-order valence-corrected chi connectivity index (χ1v) is 9.08. The van der Waals surface area contributed by atoms with Gasteiger partial charge in [0.05, 0.1) is 12.3 Å². The molecule has 0 saturated carbocycles. The first kappa shape index (κ1) is 16.5. The van der Waals surface area contributed by atoms with Crippen LogP contribution in [0.1, 0.15) is 24.3 Å². The van der Waals surface area contributed by atoms with E-state index >= 15 is 0 Å². The first-order valence-electron chi connectivity index (χ1n) is 8.26. The molecule has 3 rings (SSSR count). The summed E-state index contributed by atoms with van der Waals surface area (Å²) in [7, 11) is 0. The van der Waals surface area contributed by atoms with Crippen molar-refractivity contribution < 1.29 is 4.74 Å². The van der Waals surface area contributed by atoms with Crippen molar-refractivity contribution in [3.63, 3.8) is 0 Å². The van der Waals surface area contributed by atoms with Crippen LogP contribution in [0.25, 0.3) is 11.3 Å². The zero-order valence-electron chi connectivity index (χ0n) is 14.3. The first-order chi connectivity index (χ1) is 11.7. The van der Waals surface area contributed by atoms with E-state index in [1.165, 1.54) is 10.4 Å². The Bertz CT molecular complexity index is 792. The van der Waals surface area contributed by atoms with E-state index in [9.17, 15) is 0 Å². The Labute approximate surface area is 147 Å². The molecule has 0 atom stereocenters. The lowest BCUT2D eigenvalue weighted by molar-refractivity contribution is 0.340. The Morgan fingerprint density at radius 3 is 2.33 bits per heavy atom. The molecule has 0 spiro atoms. The van der Waals surface area contributed by atoms with Crippen molar-refractivity contribution in [1.82, 2.24) is 4.98 Å². The number of rotatable bonds is 6. The number of benzene rings is 2. The van der Waals surface area contributed by atoms with Gasteiger partial charge in [-0.05, 0) is 56.7 Å². The van der Waals surface area contributed by atoms with E-state index in [2.05, 4.69) is 55.6 Å². The third-order valence-corrected chi connectivity index (χ3v) is 4.88. The number of nitrogens with zero attached hydrogens (tertiary/aromatic N) is 1. The van der Waals surface area contributed by atoms with Crippen LogP contribution in [0.3, 0.4) is 0 Å². The normalized spacial score (nSPS) is 10.6. The number of aryl methyl sites for hydroxylation is 2. The maximum atomic E-state index is 5.52. The van der Waals surface area contributed by atoms with Crippen LogP contribution < -0.4 is 10.1 Å². The third kappa shape index (κ3) is 3.77. The van der Waals surface area contributed by atoms with Crippen molar-refractivity contribution in [1.29, 1.82) is 0 Å². The van der Waals surface area contributed by atoms with Gasteiger partial charge >= 0.3 is 0 Å². The lowest BCUT2D eigenvalue weighted by Crippen LogP contribution is -1.91. The Balaban J connectivity index is 1.85. The number of thiazole rings is 1. The zero-order chi connectivity index (χ0) is 16.9. The van der Waals surface area contributed by atoms with Crippen molar-refractivity contribution in [2.75, 3.05) is 11.9 Å². The van der Waals surface area contributed by atoms with E-state index in [4.69, 9.17) is 9.72 Å². The molecule has 1 heterocycles. The molecule has 0 aliphatic heterocycles. The van der Waals surface area contributed by atoms with Crippen LogP contribution >= 0.6 is 11.3 Å². The van der Waals surface area contributed by atoms with Crippen molar-refractivity contribution in [2.45, 2.75) is 27.2 Å². The highest BCUT2D eigenvalue weighted by molar-refractivity contribution is 7.16. The summed E-state index contributed by atoms with van der Waals surface area (Å²) >= 11 is 1.71. The molecule has 0 bridgehead atoms. The smallest absolute Gasteiger partial charge is 0.187 e. The Morgan fingerprint density at radius 2 is 1.71 bits per heavy atom. The van der Waals surface area contributed by atoms with Gasteiger partial charge in [0, 0.05) is 16.1 Å². The molecular formula is C20H22N2OS. The number of hydrogen-bond acceptors (Lipinski definition) is 4. The maximum Gasteiger partial charge on any atom is 0.187 e. The van der Waals surface area contributed by atoms with Crippen molar-refractivity contribution in [3.05, 3.63) is 59.0 Å². The molecule has 0 saturated heterocycles. The van der Waals surface area contributed by atoms with Crippen molar-refractivity contribution >= 4 is 22.2 Å². The lowest BCUT2D eigenvalue weighted by atomic mass is 10.1. The summed E-state index contributed by atoms with van der Waals surface area (Å²) in [6, 6.07) is 16.5. The number of nitrogens with one attached hydrogen (secondary N) is 1. The summed E-state index contributed by atoms with van der Waals surface area (Å²) in [6.45, 7) is 6.93. The fraction of sp³-hybridized carbons (Fsp3) is 0.250. The van der Waals surface area contributed by atoms with Crippen LogP contribution in [0.4, 0.5) is 10.8 Å². The van der Waals surface area contributed by atoms with Crippen LogP contribution in [0.2, 0.25) is 0 Å². The van der Waals surface area contributed by atoms with E-state index in [0.717, 1.165) is 34.2 Å². The average molecular weight is 338 g/mol. The van der Waals surface area contributed by atoms with E-state index in [1.54, 1.807) is 11.3 Å². The van der Waals surface area contributed by atoms with Crippen molar-refractivity contribution in [3.8, 4) is 17.0 Å². The highest BCUT2D eigenvalue weighted by atomic mass is 32.1. The third-order valence-electron chi connectivity index (χ3n) is 3.76. The molecule has 124 valence electrons. The second kappa shape index (κ2) is 7.49. The van der Waals surface area contributed by atoms with Gasteiger partial charge in [-0.15, -0.1) is 11.3 Å². The highest BCUT2D eigenvalue weighted by Gasteiger charge is 2.12. The molecule has 2 aromatic carbocycles. The molecule has 24 heavy (non-hydrogen) atoms. The van der Waals surface area contributed by atoms with Crippen LogP contribution in [-0.2, 0) is 6.42 Å². The average Bonchev–Trinajstić information content (AvgIpc) is 3.01. The highest BCUT2D eigenvalue weighted by Crippen LogP contribution is 2.33. The topological polar surface area (TPSA) is 34.1 Å². The van der Waals surface area contributed by atoms with Crippen LogP contribution in [0, 0.1) is 6.92 Å². The van der Waals surface area contributed by atoms with Gasteiger partial charge in [-0.1, -0.05) is 24.6 Å². The number of ether oxygens (including phenoxy) is 1. The van der Waals surface area contributed by atoms with E-state index < -0.39 is 0 Å². The minimum Gasteiger partial charge on any atom is -0.494 e. The van der Waals surface area contributed by atoms with Crippen molar-refractivity contribution in [2.24, 2.45) is 0 Å². The second-order valence-electron chi connectivity index (χ2n) is 5.59. The van der Waals surface area contributed by atoms with Gasteiger partial charge in [-0.3, -0.25) is 0 Å². The molecule has 3 nitrogen and oxygen atoms in total. The monoisotopic (exact) mass is 338 g/mol. The summed E-state index contributed by atoms with van der Waals surface area (Å²) in [5.41, 5.74) is 4.50. The molecule has 0 aliphatic rings. The summed E-state index contributed by atoms with van der Waals surface area (Å²) in [4.78, 5) is 6.10. The van der Waals surface area contributed by atoms with Gasteiger partial charge in [-0.25, -0.2) is 4.98 Å². The maximum absolute atomic E-state index is 5.52. The Hall–Kier alpha value is -2.33. The lowest BCUT2D eigenvalue weighted by Gasteiger charge is -2.04. The van der Waals surface area contributed by atoms with Gasteiger partial charge in [-0.2, -0.15) is 0 Å². The molecule has 0 radical (unpaired) electrons. The van der Waals surface area contributed by atoms with Gasteiger partial charge in [0.25, 0.3) is 0 Å². The zero-order valence-corrected chi connectivity index (χ0v) is 15.1. The van der Waals surface area contributed by atoms with Gasteiger partial charge in [0.2, 0.25) is 0 Å². The fourth-order valence-electron chi connectivity index (χ4n) is 2.51. The van der Waals surface area contributed by atoms with Gasteiger partial charge in [0.15, 0.2) is 5.13 Å².